The van der Waals surface area contributed by atoms with Gasteiger partial charge >= 0.3 is 11.9 Å². The van der Waals surface area contributed by atoms with Gasteiger partial charge in [-0.15, -0.1) is 0 Å². The van der Waals surface area contributed by atoms with E-state index in [1.807, 2.05) is 0 Å². The number of aromatic amines is 1. The number of carboxylic acid groups (broad SMARTS) is 2. The van der Waals surface area contributed by atoms with Crippen molar-refractivity contribution in [1.29, 1.82) is 0 Å². The van der Waals surface area contributed by atoms with Crippen molar-refractivity contribution < 1.29 is 39.0 Å². The topological polar surface area (TPSA) is 246 Å². The van der Waals surface area contributed by atoms with Gasteiger partial charge in [-0.25, -0.2) is 9.78 Å². The zero-order chi connectivity index (χ0) is 26.0. The lowest BCUT2D eigenvalue weighted by Crippen LogP contribution is -2.58. The number of hydrogen-bond donors (Lipinski definition) is 8. The molecule has 2 heterocycles. The molecule has 1 aliphatic rings. The molecule has 4 amide bonds. The third-order valence-electron chi connectivity index (χ3n) is 5.29. The Morgan fingerprint density at radius 2 is 1.74 bits per heavy atom. The lowest BCUT2D eigenvalue weighted by atomic mass is 10.1. The first-order chi connectivity index (χ1) is 16.6. The van der Waals surface area contributed by atoms with Gasteiger partial charge in [-0.2, -0.15) is 0 Å². The molecule has 1 aliphatic heterocycles. The zero-order valence-electron chi connectivity index (χ0n) is 18.8. The van der Waals surface area contributed by atoms with E-state index < -0.39 is 72.6 Å². The normalized spacial score (nSPS) is 17.5. The number of carbonyl (C=O) groups is 6. The number of H-pyrrole nitrogens is 1. The Hall–Kier alpha value is -4.01. The second-order valence-corrected chi connectivity index (χ2v) is 8.05. The Bertz CT molecular complexity index is 930. The number of aliphatic carboxylic acids is 2. The first kappa shape index (κ1) is 27.2. The molecular weight excluding hydrogens is 466 g/mol. The van der Waals surface area contributed by atoms with Crippen molar-refractivity contribution in [2.24, 2.45) is 5.73 Å². The van der Waals surface area contributed by atoms with E-state index in [4.69, 9.17) is 10.8 Å². The van der Waals surface area contributed by atoms with E-state index in [1.54, 1.807) is 0 Å². The average molecular weight is 495 g/mol. The van der Waals surface area contributed by atoms with Crippen LogP contribution in [0.2, 0.25) is 0 Å². The molecule has 4 unspecified atom stereocenters. The monoisotopic (exact) mass is 495 g/mol. The van der Waals surface area contributed by atoms with E-state index in [0.717, 1.165) is 6.42 Å². The lowest BCUT2D eigenvalue weighted by Gasteiger charge is -2.24. The predicted molar refractivity (Wildman–Crippen MR) is 117 cm³/mol. The summed E-state index contributed by atoms with van der Waals surface area (Å²) in [7, 11) is 0. The van der Waals surface area contributed by atoms with Gasteiger partial charge in [-0.05, 0) is 25.8 Å². The summed E-state index contributed by atoms with van der Waals surface area (Å²) in [5.41, 5.74) is 5.65. The van der Waals surface area contributed by atoms with Gasteiger partial charge in [0.2, 0.25) is 23.6 Å². The van der Waals surface area contributed by atoms with Crippen molar-refractivity contribution in [3.63, 3.8) is 0 Å². The summed E-state index contributed by atoms with van der Waals surface area (Å²) in [6, 6.07) is -4.77. The third-order valence-corrected chi connectivity index (χ3v) is 5.29. The maximum absolute atomic E-state index is 13.0. The molecule has 1 aromatic rings. The van der Waals surface area contributed by atoms with Crippen molar-refractivity contribution in [3.8, 4) is 0 Å². The molecule has 1 fully saturated rings. The molecule has 0 aromatic carbocycles. The molecule has 1 aromatic heterocycles. The lowest BCUT2D eigenvalue weighted by molar-refractivity contribution is -0.143. The van der Waals surface area contributed by atoms with E-state index in [1.165, 1.54) is 12.5 Å². The van der Waals surface area contributed by atoms with Gasteiger partial charge in [0.05, 0.1) is 18.8 Å². The number of imidazole rings is 1. The number of nitrogens with one attached hydrogen (secondary N) is 5. The molecule has 2 rings (SSSR count). The van der Waals surface area contributed by atoms with E-state index in [0.29, 0.717) is 18.7 Å². The van der Waals surface area contributed by atoms with Crippen molar-refractivity contribution in [2.45, 2.75) is 62.7 Å². The standard InChI is InChI=1S/C20H29N7O8/c21-15(28)7-14(27-17(31)11-2-1-5-23-11)19(33)26-13(6-10-8-22-9-24-10)18(32)25-12(20(34)35)3-4-16(29)30/h8-9,11-14,23H,1-7H2,(H2,21,28)(H,22,24)(H,25,32)(H,26,33)(H,27,31)(H,29,30)(H,34,35). The highest BCUT2D eigenvalue weighted by atomic mass is 16.4. The van der Waals surface area contributed by atoms with Gasteiger partial charge in [0.25, 0.3) is 0 Å². The molecule has 1 saturated heterocycles. The Morgan fingerprint density at radius 1 is 1.06 bits per heavy atom. The fourth-order valence-corrected chi connectivity index (χ4v) is 3.49. The fourth-order valence-electron chi connectivity index (χ4n) is 3.49. The summed E-state index contributed by atoms with van der Waals surface area (Å²) in [5.74, 6) is -5.85. The molecule has 0 aliphatic carbocycles. The van der Waals surface area contributed by atoms with Crippen molar-refractivity contribution in [3.05, 3.63) is 18.2 Å². The molecule has 0 saturated carbocycles. The maximum atomic E-state index is 13.0. The SMILES string of the molecule is NC(=O)CC(NC(=O)C1CCCN1)C(=O)NC(Cc1cnc[nH]1)C(=O)NC(CCC(=O)O)C(=O)O. The molecule has 15 nitrogen and oxygen atoms in total. The number of hydrogen-bond acceptors (Lipinski definition) is 8. The first-order valence-electron chi connectivity index (χ1n) is 10.9. The van der Waals surface area contributed by atoms with Gasteiger partial charge in [0.15, 0.2) is 0 Å². The minimum atomic E-state index is -1.52. The number of carbonyl (C=O) groups excluding carboxylic acids is 4. The van der Waals surface area contributed by atoms with Gasteiger partial charge in [0, 0.05) is 24.7 Å². The van der Waals surface area contributed by atoms with Crippen LogP contribution in [0.1, 0.15) is 37.8 Å². The van der Waals surface area contributed by atoms with Crippen LogP contribution >= 0.6 is 0 Å². The van der Waals surface area contributed by atoms with Crippen LogP contribution in [-0.4, -0.2) is 86.5 Å². The highest BCUT2D eigenvalue weighted by molar-refractivity contribution is 5.96. The summed E-state index contributed by atoms with van der Waals surface area (Å²) in [6.45, 7) is 0.629. The Morgan fingerprint density at radius 3 is 2.29 bits per heavy atom. The van der Waals surface area contributed by atoms with Crippen molar-refractivity contribution in [2.75, 3.05) is 6.54 Å². The zero-order valence-corrected chi connectivity index (χ0v) is 18.8. The first-order valence-corrected chi connectivity index (χ1v) is 10.9. The fraction of sp³-hybridized carbons (Fsp3) is 0.550. The largest absolute Gasteiger partial charge is 0.481 e. The van der Waals surface area contributed by atoms with Crippen LogP contribution in [0.3, 0.4) is 0 Å². The van der Waals surface area contributed by atoms with E-state index in [2.05, 4.69) is 31.2 Å². The highest BCUT2D eigenvalue weighted by Crippen LogP contribution is 2.07. The van der Waals surface area contributed by atoms with E-state index >= 15 is 0 Å². The van der Waals surface area contributed by atoms with Gasteiger partial charge in [-0.3, -0.25) is 24.0 Å². The molecule has 0 spiro atoms. The number of nitrogens with two attached hydrogens (primary N) is 1. The predicted octanol–water partition coefficient (Wildman–Crippen LogP) is -3.02. The van der Waals surface area contributed by atoms with Crippen LogP contribution in [0.25, 0.3) is 0 Å². The third kappa shape index (κ3) is 9.04. The molecular formula is C20H29N7O8. The van der Waals surface area contributed by atoms with Crippen molar-refractivity contribution in [1.82, 2.24) is 31.2 Å². The minimum absolute atomic E-state index is 0.135. The average Bonchev–Trinajstić information content (AvgIpc) is 3.49. The van der Waals surface area contributed by atoms with Crippen LogP contribution in [0.5, 0.6) is 0 Å². The molecule has 192 valence electrons. The number of carboxylic acids is 2. The minimum Gasteiger partial charge on any atom is -0.481 e. The Balaban J connectivity index is 2.16. The van der Waals surface area contributed by atoms with E-state index in [-0.39, 0.29) is 12.8 Å². The Labute approximate surface area is 199 Å². The highest BCUT2D eigenvalue weighted by Gasteiger charge is 2.32. The van der Waals surface area contributed by atoms with Gasteiger partial charge in [-0.1, -0.05) is 0 Å². The second-order valence-electron chi connectivity index (χ2n) is 8.05. The molecule has 35 heavy (non-hydrogen) atoms. The number of aromatic nitrogens is 2. The number of primary amides is 1. The number of rotatable bonds is 14. The summed E-state index contributed by atoms with van der Waals surface area (Å²) < 4.78 is 0. The number of amides is 4. The summed E-state index contributed by atoms with van der Waals surface area (Å²) in [4.78, 5) is 78.6. The smallest absolute Gasteiger partial charge is 0.326 e. The van der Waals surface area contributed by atoms with Crippen LogP contribution in [0, 0.1) is 0 Å². The molecule has 0 bridgehead atoms. The van der Waals surface area contributed by atoms with Crippen LogP contribution in [0.4, 0.5) is 0 Å². The van der Waals surface area contributed by atoms with Gasteiger partial charge < -0.3 is 42.2 Å². The van der Waals surface area contributed by atoms with E-state index in [9.17, 15) is 33.9 Å². The van der Waals surface area contributed by atoms with Crippen molar-refractivity contribution >= 4 is 35.6 Å². The summed E-state index contributed by atoms with van der Waals surface area (Å²) in [5, 5.41) is 28.2. The van der Waals surface area contributed by atoms with Crippen LogP contribution < -0.4 is 27.0 Å². The van der Waals surface area contributed by atoms with Crippen LogP contribution in [0.15, 0.2) is 12.5 Å². The summed E-state index contributed by atoms with van der Waals surface area (Å²) >= 11 is 0. The number of nitrogens with zero attached hydrogens (tertiary/aromatic N) is 1. The second kappa shape index (κ2) is 13.0. The maximum Gasteiger partial charge on any atom is 0.326 e. The molecule has 15 heteroatoms. The molecule has 4 atom stereocenters. The molecule has 0 radical (unpaired) electrons. The quantitative estimate of drug-likeness (QED) is 0.130. The van der Waals surface area contributed by atoms with Gasteiger partial charge in [0.1, 0.15) is 18.1 Å². The Kier molecular flexibility index (Phi) is 10.1. The van der Waals surface area contributed by atoms with Crippen LogP contribution in [-0.2, 0) is 35.2 Å². The molecule has 9 N–H and O–H groups in total. The summed E-state index contributed by atoms with van der Waals surface area (Å²) in [6.07, 6.45) is 2.50.